The molecule has 5 aliphatic rings. The SMILES string of the molecule is C=CC(=O)N1CCN(C2NC(OCC3CCCN3C)NC3C[C@@]4(CCC32)Cc2ccc(F)cc2CO4)CC1CC#N. The molecule has 1 aromatic rings. The fourth-order valence-corrected chi connectivity index (χ4v) is 7.88. The third kappa shape index (κ3) is 5.94. The van der Waals surface area contributed by atoms with Crippen LogP contribution in [0.1, 0.15) is 49.7 Å². The number of fused-ring (bicyclic) bond motifs is 2. The van der Waals surface area contributed by atoms with E-state index in [0.717, 1.165) is 50.8 Å². The van der Waals surface area contributed by atoms with Gasteiger partial charge in [-0.25, -0.2) is 4.39 Å². The van der Waals surface area contributed by atoms with Crippen molar-refractivity contribution < 1.29 is 18.7 Å². The molecule has 4 heterocycles. The Morgan fingerprint density at radius 2 is 2.15 bits per heavy atom. The van der Waals surface area contributed by atoms with E-state index in [9.17, 15) is 14.4 Å². The quantitative estimate of drug-likeness (QED) is 0.507. The zero-order valence-electron chi connectivity index (χ0n) is 24.1. The van der Waals surface area contributed by atoms with E-state index in [-0.39, 0.29) is 41.9 Å². The summed E-state index contributed by atoms with van der Waals surface area (Å²) in [6.07, 6.45) is 7.27. The molecule has 222 valence electrons. The van der Waals surface area contributed by atoms with Crippen LogP contribution in [0.4, 0.5) is 4.39 Å². The van der Waals surface area contributed by atoms with Crippen molar-refractivity contribution in [1.29, 1.82) is 5.26 Å². The number of benzene rings is 1. The lowest BCUT2D eigenvalue weighted by molar-refractivity contribution is -0.153. The number of ether oxygens (including phenoxy) is 2. The lowest BCUT2D eigenvalue weighted by Gasteiger charge is -2.56. The van der Waals surface area contributed by atoms with Crippen LogP contribution in [0.3, 0.4) is 0 Å². The van der Waals surface area contributed by atoms with Gasteiger partial charge in [-0.1, -0.05) is 12.6 Å². The van der Waals surface area contributed by atoms with E-state index in [2.05, 4.69) is 40.1 Å². The molecule has 7 atom stereocenters. The van der Waals surface area contributed by atoms with Crippen molar-refractivity contribution in [3.63, 3.8) is 0 Å². The number of hydrogen-bond acceptors (Lipinski definition) is 8. The molecule has 0 bridgehead atoms. The minimum absolute atomic E-state index is 0.0528. The monoisotopic (exact) mass is 566 g/mol. The Bertz CT molecular complexity index is 1180. The first-order chi connectivity index (χ1) is 19.9. The molecule has 1 saturated carbocycles. The number of likely N-dealkylation sites (N-methyl/N-ethyl adjacent to an activating group) is 1. The molecule has 4 aliphatic heterocycles. The Morgan fingerprint density at radius 1 is 1.27 bits per heavy atom. The molecule has 1 amide bonds. The number of likely N-dealkylation sites (tertiary alicyclic amines) is 1. The standard InChI is InChI=1S/C31H43FN6O3/c1-3-28(39)38-14-13-37(18-24(38)9-11-33)29-26-8-10-31(16-21-6-7-23(32)15-22(21)19-41-31)17-27(26)34-30(35-29)40-20-25-5-4-12-36(25)2/h3,6-7,15,24-27,29-30,34-35H,1,4-5,8-10,12-14,16-20H2,2H3/t24?,25?,26?,27?,29?,30?,31-/m1/s1. The number of amides is 1. The minimum Gasteiger partial charge on any atom is -0.370 e. The lowest BCUT2D eigenvalue weighted by atomic mass is 9.69. The zero-order valence-corrected chi connectivity index (χ0v) is 24.1. The van der Waals surface area contributed by atoms with Crippen molar-refractivity contribution in [2.24, 2.45) is 5.92 Å². The zero-order chi connectivity index (χ0) is 28.6. The Hall–Kier alpha value is -2.39. The van der Waals surface area contributed by atoms with Gasteiger partial charge in [0.25, 0.3) is 0 Å². The van der Waals surface area contributed by atoms with E-state index in [0.29, 0.717) is 44.7 Å². The number of nitrogens with zero attached hydrogens (tertiary/aromatic N) is 4. The summed E-state index contributed by atoms with van der Waals surface area (Å²) in [6.45, 7) is 7.79. The van der Waals surface area contributed by atoms with Gasteiger partial charge in [-0.15, -0.1) is 0 Å². The summed E-state index contributed by atoms with van der Waals surface area (Å²) in [5, 5.41) is 17.1. The number of rotatable bonds is 6. The van der Waals surface area contributed by atoms with Crippen LogP contribution in [0.2, 0.25) is 0 Å². The average Bonchev–Trinajstić information content (AvgIpc) is 3.39. The third-order valence-electron chi connectivity index (χ3n) is 10.2. The van der Waals surface area contributed by atoms with Crippen molar-refractivity contribution in [1.82, 2.24) is 25.3 Å². The van der Waals surface area contributed by atoms with Gasteiger partial charge in [-0.3, -0.25) is 20.3 Å². The Morgan fingerprint density at radius 3 is 2.93 bits per heavy atom. The second-order valence-electron chi connectivity index (χ2n) is 12.6. The fourth-order valence-electron chi connectivity index (χ4n) is 7.88. The van der Waals surface area contributed by atoms with Gasteiger partial charge in [-0.2, -0.15) is 5.26 Å². The number of piperazine rings is 1. The van der Waals surface area contributed by atoms with Crippen molar-refractivity contribution in [3.8, 4) is 6.07 Å². The first-order valence-electron chi connectivity index (χ1n) is 15.2. The number of hydrogen-bond donors (Lipinski definition) is 2. The molecule has 1 aliphatic carbocycles. The normalized spacial score (nSPS) is 36.0. The molecule has 3 saturated heterocycles. The molecule has 2 N–H and O–H groups in total. The maximum absolute atomic E-state index is 13.8. The van der Waals surface area contributed by atoms with Gasteiger partial charge < -0.3 is 19.3 Å². The van der Waals surface area contributed by atoms with Crippen LogP contribution < -0.4 is 10.6 Å². The van der Waals surface area contributed by atoms with Gasteiger partial charge in [0.1, 0.15) is 5.82 Å². The molecular formula is C31H43FN6O3. The van der Waals surface area contributed by atoms with Crippen LogP contribution in [0.25, 0.3) is 0 Å². The van der Waals surface area contributed by atoms with Gasteiger partial charge >= 0.3 is 0 Å². The van der Waals surface area contributed by atoms with Crippen LogP contribution in [-0.4, -0.2) is 96.7 Å². The molecule has 1 aromatic carbocycles. The Balaban J connectivity index is 1.20. The average molecular weight is 567 g/mol. The molecule has 1 spiro atoms. The first-order valence-corrected chi connectivity index (χ1v) is 15.2. The van der Waals surface area contributed by atoms with Crippen LogP contribution in [0.5, 0.6) is 0 Å². The van der Waals surface area contributed by atoms with Crippen molar-refractivity contribution in [2.75, 3.05) is 39.8 Å². The molecule has 9 nitrogen and oxygen atoms in total. The summed E-state index contributed by atoms with van der Waals surface area (Å²) in [6, 6.07) is 7.78. The molecule has 41 heavy (non-hydrogen) atoms. The summed E-state index contributed by atoms with van der Waals surface area (Å²) in [5.41, 5.74) is 1.85. The van der Waals surface area contributed by atoms with Gasteiger partial charge in [0.15, 0.2) is 6.35 Å². The number of nitrogens with one attached hydrogen (secondary N) is 2. The number of carbonyl (C=O) groups excluding carboxylic acids is 1. The highest BCUT2D eigenvalue weighted by Crippen LogP contribution is 2.44. The summed E-state index contributed by atoms with van der Waals surface area (Å²) >= 11 is 0. The topological polar surface area (TPSA) is 93.1 Å². The highest BCUT2D eigenvalue weighted by Gasteiger charge is 2.50. The van der Waals surface area contributed by atoms with E-state index in [1.165, 1.54) is 18.1 Å². The number of halogens is 1. The van der Waals surface area contributed by atoms with Crippen LogP contribution in [0.15, 0.2) is 30.9 Å². The maximum Gasteiger partial charge on any atom is 0.246 e. The molecule has 0 radical (unpaired) electrons. The van der Waals surface area contributed by atoms with Crippen molar-refractivity contribution in [3.05, 3.63) is 47.8 Å². The van der Waals surface area contributed by atoms with Gasteiger partial charge in [0, 0.05) is 44.1 Å². The molecule has 10 heteroatoms. The lowest BCUT2D eigenvalue weighted by Crippen LogP contribution is -2.73. The van der Waals surface area contributed by atoms with E-state index in [4.69, 9.17) is 9.47 Å². The Labute approximate surface area is 242 Å². The largest absolute Gasteiger partial charge is 0.370 e. The van der Waals surface area contributed by atoms with Crippen LogP contribution >= 0.6 is 0 Å². The Kier molecular flexibility index (Phi) is 8.46. The summed E-state index contributed by atoms with van der Waals surface area (Å²) < 4.78 is 26.9. The third-order valence-corrected chi connectivity index (χ3v) is 10.2. The molecule has 6 unspecified atom stereocenters. The predicted octanol–water partition coefficient (Wildman–Crippen LogP) is 2.33. The molecular weight excluding hydrogens is 523 g/mol. The van der Waals surface area contributed by atoms with Crippen molar-refractivity contribution in [2.45, 2.75) is 87.8 Å². The molecule has 0 aromatic heterocycles. The van der Waals surface area contributed by atoms with E-state index in [1.54, 1.807) is 17.0 Å². The summed E-state index contributed by atoms with van der Waals surface area (Å²) in [7, 11) is 2.16. The second kappa shape index (κ2) is 12.1. The maximum atomic E-state index is 13.8. The van der Waals surface area contributed by atoms with Gasteiger partial charge in [-0.05, 0) is 75.0 Å². The van der Waals surface area contributed by atoms with Crippen LogP contribution in [0, 0.1) is 23.1 Å². The van der Waals surface area contributed by atoms with Crippen molar-refractivity contribution >= 4 is 5.91 Å². The van der Waals surface area contributed by atoms with E-state index >= 15 is 0 Å². The van der Waals surface area contributed by atoms with Crippen LogP contribution in [-0.2, 0) is 27.3 Å². The van der Waals surface area contributed by atoms with Gasteiger partial charge in [0.05, 0.1) is 43.5 Å². The smallest absolute Gasteiger partial charge is 0.246 e. The number of nitriles is 1. The fraction of sp³-hybridized carbons (Fsp3) is 0.677. The highest BCUT2D eigenvalue weighted by atomic mass is 19.1. The second-order valence-corrected chi connectivity index (χ2v) is 12.6. The van der Waals surface area contributed by atoms with Gasteiger partial charge in [0.2, 0.25) is 5.91 Å². The van der Waals surface area contributed by atoms with E-state index < -0.39 is 0 Å². The van der Waals surface area contributed by atoms with E-state index in [1.807, 2.05) is 6.07 Å². The molecule has 4 fully saturated rings. The minimum atomic E-state index is -0.308. The summed E-state index contributed by atoms with van der Waals surface area (Å²) in [5.74, 6) is -0.0123. The predicted molar refractivity (Wildman–Crippen MR) is 152 cm³/mol. The number of carbonyl (C=O) groups is 1. The highest BCUT2D eigenvalue weighted by molar-refractivity contribution is 5.87. The first kappa shape index (κ1) is 28.7. The molecule has 6 rings (SSSR count). The summed E-state index contributed by atoms with van der Waals surface area (Å²) in [4.78, 5) is 19.1.